The van der Waals surface area contributed by atoms with Crippen molar-refractivity contribution in [3.05, 3.63) is 86.5 Å². The van der Waals surface area contributed by atoms with Gasteiger partial charge in [0.2, 0.25) is 11.4 Å². The third-order valence-electron chi connectivity index (χ3n) is 11.6. The summed E-state index contributed by atoms with van der Waals surface area (Å²) in [5, 5.41) is 0. The van der Waals surface area contributed by atoms with Crippen molar-refractivity contribution in [3.8, 4) is 0 Å². The monoisotopic (exact) mass is 857 g/mol. The average molecular weight is 858 g/mol. The van der Waals surface area contributed by atoms with Crippen LogP contribution in [0.2, 0.25) is 0 Å². The van der Waals surface area contributed by atoms with E-state index in [0.29, 0.717) is 0 Å². The number of hydrogen-bond donors (Lipinski definition) is 0. The molecule has 0 saturated carbocycles. The zero-order valence-electron chi connectivity index (χ0n) is 39.7. The maximum atomic E-state index is 12.4. The summed E-state index contributed by atoms with van der Waals surface area (Å²) in [6.45, 7) is 19.6. The van der Waals surface area contributed by atoms with Gasteiger partial charge < -0.3 is 5.53 Å². The Kier molecular flexibility index (Phi) is 31.0. The van der Waals surface area contributed by atoms with E-state index in [-0.39, 0.29) is 0 Å². The molecule has 2 aromatic rings. The topological polar surface area (TPSA) is 43.8 Å². The molecule has 5 heteroatoms. The van der Waals surface area contributed by atoms with Gasteiger partial charge in [0, 0.05) is 22.3 Å². The predicted molar refractivity (Wildman–Crippen MR) is 253 cm³/mol. The van der Waals surface area contributed by atoms with Crippen molar-refractivity contribution in [2.24, 2.45) is 0 Å². The van der Waals surface area contributed by atoms with Gasteiger partial charge in [-0.2, -0.15) is 0 Å². The fraction of sp³-hybridized carbons (Fsp3) is 0.704. The number of nitrogens with zero attached hydrogens (tertiary/aromatic N) is 2. The summed E-state index contributed by atoms with van der Waals surface area (Å²) in [6, 6.07) is 14.2. The molecule has 59 heavy (non-hydrogen) atoms. The van der Waals surface area contributed by atoms with E-state index in [1.165, 1.54) is 186 Å². The molecule has 0 spiro atoms. The number of hydrogen-bond acceptors (Lipinski definition) is 2. The normalized spacial score (nSPS) is 12.9. The molecule has 0 saturated heterocycles. The molecule has 4 nitrogen and oxygen atoms in total. The second-order valence-corrected chi connectivity index (χ2v) is 18.1. The van der Waals surface area contributed by atoms with Crippen LogP contribution in [0.25, 0.3) is 16.9 Å². The van der Waals surface area contributed by atoms with Crippen LogP contribution in [0.4, 0.5) is 0 Å². The first-order chi connectivity index (χ1) is 28.8. The number of benzene rings is 2. The van der Waals surface area contributed by atoms with Gasteiger partial charge in [0.05, 0.1) is 0 Å². The fourth-order valence-corrected chi connectivity index (χ4v) is 8.74. The summed E-state index contributed by atoms with van der Waals surface area (Å²) in [4.78, 5) is 0. The van der Waals surface area contributed by atoms with Crippen LogP contribution >= 0.6 is 0 Å². The SMILES string of the molecule is CCCCCCCCc1cc(C)cc(C2=C(CCCCC)C(CCCCCCC)=C(c3cc(C)cc(CCCCCCCC)c3)[N+]2=[N-])c1.CCCC[O][Ni][O]CCCC. The summed E-state index contributed by atoms with van der Waals surface area (Å²) in [6.07, 6.45) is 34.7. The molecule has 0 bridgehead atoms. The molecule has 0 aliphatic carbocycles. The van der Waals surface area contributed by atoms with Crippen LogP contribution in [-0.4, -0.2) is 17.9 Å². The summed E-state index contributed by atoms with van der Waals surface area (Å²) in [7, 11) is 0. The predicted octanol–water partition coefficient (Wildman–Crippen LogP) is 17.8. The van der Waals surface area contributed by atoms with Crippen molar-refractivity contribution >= 4 is 11.4 Å². The first-order valence-corrected chi connectivity index (χ1v) is 25.7. The third kappa shape index (κ3) is 22.0. The summed E-state index contributed by atoms with van der Waals surface area (Å²) in [5.74, 6) is 0. The zero-order valence-corrected chi connectivity index (χ0v) is 40.7. The molecule has 1 aliphatic heterocycles. The van der Waals surface area contributed by atoms with Crippen LogP contribution < -0.4 is 0 Å². The van der Waals surface area contributed by atoms with E-state index in [1.54, 1.807) is 4.70 Å². The van der Waals surface area contributed by atoms with E-state index in [9.17, 15) is 5.53 Å². The summed E-state index contributed by atoms with van der Waals surface area (Å²) < 4.78 is 11.9. The molecule has 0 N–H and O–H groups in total. The quantitative estimate of drug-likeness (QED) is 0.0400. The summed E-state index contributed by atoms with van der Waals surface area (Å²) in [5.41, 5.74) is 25.1. The Morgan fingerprint density at radius 3 is 1.12 bits per heavy atom. The number of rotatable bonds is 34. The molecule has 1 aliphatic rings. The Labute approximate surface area is 372 Å². The molecule has 0 amide bonds. The summed E-state index contributed by atoms with van der Waals surface area (Å²) >= 11 is 0.968. The Hall–Kier alpha value is -2.07. The van der Waals surface area contributed by atoms with Gasteiger partial charge in [0.15, 0.2) is 0 Å². The van der Waals surface area contributed by atoms with Crippen molar-refractivity contribution in [2.75, 3.05) is 13.2 Å². The van der Waals surface area contributed by atoms with Crippen molar-refractivity contribution in [2.45, 2.75) is 235 Å². The van der Waals surface area contributed by atoms with Gasteiger partial charge in [0.25, 0.3) is 0 Å². The number of allylic oxidation sites excluding steroid dienone is 2. The molecule has 2 aromatic carbocycles. The second-order valence-electron chi connectivity index (χ2n) is 17.4. The number of unbranched alkanes of at least 4 members (excludes halogenated alkanes) is 18. The molecule has 1 heterocycles. The standard InChI is InChI=1S/C46H72N2.2C4H9O.Ni/c1-7-11-15-18-21-24-27-39-31-37(5)33-41(35-39)45-43(29-23-14-10-4)44(30-26-20-17-13-9-3)46(48(45)47)42-34-38(6)32-40(36-42)28-25-22-19-16-12-8-2;2*1-2-3-4-5;/h31-36H,7-30H2,1-6H3;2*2-4H2,1H3;/q;2*-1;+2. The molecular weight excluding hydrogens is 767 g/mol. The molecule has 0 atom stereocenters. The molecular formula is C54H90N2NiO2. The van der Waals surface area contributed by atoms with Gasteiger partial charge >= 0.3 is 75.6 Å². The van der Waals surface area contributed by atoms with E-state index in [4.69, 9.17) is 7.76 Å². The fourth-order valence-electron chi connectivity index (χ4n) is 8.21. The molecule has 0 fully saturated rings. The minimum absolute atomic E-state index is 0.808. The molecule has 3 rings (SSSR count). The Balaban J connectivity index is 0.000000951. The minimum atomic E-state index is 0.808. The van der Waals surface area contributed by atoms with Crippen molar-refractivity contribution < 1.29 is 27.5 Å². The maximum absolute atomic E-state index is 12.4. The van der Waals surface area contributed by atoms with Crippen LogP contribution in [0, 0.1) is 13.8 Å². The van der Waals surface area contributed by atoms with E-state index < -0.39 is 0 Å². The molecule has 338 valence electrons. The van der Waals surface area contributed by atoms with E-state index in [0.717, 1.165) is 78.2 Å². The van der Waals surface area contributed by atoms with Crippen LogP contribution in [0.15, 0.2) is 47.5 Å². The molecule has 0 aromatic heterocycles. The van der Waals surface area contributed by atoms with E-state index in [2.05, 4.69) is 91.8 Å². The van der Waals surface area contributed by atoms with Crippen LogP contribution in [0.3, 0.4) is 0 Å². The van der Waals surface area contributed by atoms with Gasteiger partial charge in [-0.25, -0.2) is 4.70 Å². The van der Waals surface area contributed by atoms with Gasteiger partial charge in [-0.1, -0.05) is 154 Å². The van der Waals surface area contributed by atoms with Crippen LogP contribution in [0.5, 0.6) is 0 Å². The third-order valence-corrected chi connectivity index (χ3v) is 12.2. The van der Waals surface area contributed by atoms with E-state index >= 15 is 0 Å². The van der Waals surface area contributed by atoms with Gasteiger partial charge in [-0.05, 0) is 101 Å². The molecule has 0 radical (unpaired) electrons. The second kappa shape index (κ2) is 34.5. The van der Waals surface area contributed by atoms with Gasteiger partial charge in [-0.3, -0.25) is 0 Å². The van der Waals surface area contributed by atoms with Crippen molar-refractivity contribution in [1.29, 1.82) is 0 Å². The van der Waals surface area contributed by atoms with Gasteiger partial charge in [0.1, 0.15) is 0 Å². The Morgan fingerprint density at radius 2 is 0.729 bits per heavy atom. The first kappa shape index (κ1) is 53.1. The Bertz CT molecular complexity index is 1470. The first-order valence-electron chi connectivity index (χ1n) is 24.9. The van der Waals surface area contributed by atoms with Crippen LogP contribution in [0.1, 0.15) is 242 Å². The molecule has 0 unspecified atom stereocenters. The van der Waals surface area contributed by atoms with Crippen molar-refractivity contribution in [1.82, 2.24) is 0 Å². The zero-order chi connectivity index (χ0) is 42.9. The average Bonchev–Trinajstić information content (AvgIpc) is 3.50. The number of aryl methyl sites for hydroxylation is 4. The van der Waals surface area contributed by atoms with Gasteiger partial charge in [-0.15, -0.1) is 0 Å². The van der Waals surface area contributed by atoms with Crippen molar-refractivity contribution in [3.63, 3.8) is 0 Å². The van der Waals surface area contributed by atoms with Crippen LogP contribution in [-0.2, 0) is 35.7 Å². The van der Waals surface area contributed by atoms with E-state index in [1.807, 2.05) is 0 Å². The Morgan fingerprint density at radius 1 is 0.407 bits per heavy atom.